The van der Waals surface area contributed by atoms with Crippen LogP contribution in [0.4, 0.5) is 0 Å². The molecule has 124 valence electrons. The van der Waals surface area contributed by atoms with Gasteiger partial charge in [0.15, 0.2) is 5.41 Å². The van der Waals surface area contributed by atoms with Crippen molar-refractivity contribution >= 4 is 18.0 Å². The number of carbonyl (C=O) groups excluding carboxylic acids is 2. The lowest BCUT2D eigenvalue weighted by Gasteiger charge is -2.27. The molecule has 0 aliphatic heterocycles. The molecule has 4 nitrogen and oxygen atoms in total. The van der Waals surface area contributed by atoms with Gasteiger partial charge in [0.25, 0.3) is 0 Å². The van der Waals surface area contributed by atoms with Gasteiger partial charge in [-0.05, 0) is 17.5 Å². The van der Waals surface area contributed by atoms with E-state index in [1.54, 1.807) is 30.3 Å². The Labute approximate surface area is 141 Å². The van der Waals surface area contributed by atoms with Crippen molar-refractivity contribution in [3.63, 3.8) is 0 Å². The standard InChI is InChI=1S/C20H20O4/c1-23-18(21)20(19(22)24-2,17-13-7-4-8-14-17)15-9-12-16-10-5-3-6-11-16/h3-14H,15H2,1-2H3/b12-9+. The van der Waals surface area contributed by atoms with Crippen LogP contribution in [0.15, 0.2) is 66.7 Å². The van der Waals surface area contributed by atoms with Crippen LogP contribution < -0.4 is 0 Å². The molecule has 0 fully saturated rings. The summed E-state index contributed by atoms with van der Waals surface area (Å²) in [6.45, 7) is 0. The van der Waals surface area contributed by atoms with E-state index in [1.807, 2.05) is 42.5 Å². The van der Waals surface area contributed by atoms with E-state index in [4.69, 9.17) is 9.47 Å². The molecular formula is C20H20O4. The first-order valence-electron chi connectivity index (χ1n) is 7.59. The smallest absolute Gasteiger partial charge is 0.328 e. The highest BCUT2D eigenvalue weighted by Gasteiger charge is 2.49. The summed E-state index contributed by atoms with van der Waals surface area (Å²) in [5.74, 6) is -1.28. The number of esters is 2. The Hall–Kier alpha value is -2.88. The minimum atomic E-state index is -1.52. The average molecular weight is 324 g/mol. The maximum atomic E-state index is 12.5. The van der Waals surface area contributed by atoms with E-state index in [2.05, 4.69) is 0 Å². The van der Waals surface area contributed by atoms with Crippen LogP contribution in [0.3, 0.4) is 0 Å². The molecule has 0 saturated carbocycles. The fourth-order valence-corrected chi connectivity index (χ4v) is 2.61. The number of hydrogen-bond donors (Lipinski definition) is 0. The molecule has 0 radical (unpaired) electrons. The van der Waals surface area contributed by atoms with Crippen molar-refractivity contribution in [3.05, 3.63) is 77.9 Å². The Morgan fingerprint density at radius 1 is 0.875 bits per heavy atom. The molecule has 0 N–H and O–H groups in total. The minimum Gasteiger partial charge on any atom is -0.468 e. The highest BCUT2D eigenvalue weighted by molar-refractivity contribution is 6.06. The summed E-state index contributed by atoms with van der Waals surface area (Å²) in [5, 5.41) is 0. The molecule has 0 atom stereocenters. The first-order chi connectivity index (χ1) is 11.6. The summed E-state index contributed by atoms with van der Waals surface area (Å²) in [5.41, 5.74) is 0.00589. The Bertz CT molecular complexity index is 689. The lowest BCUT2D eigenvalue weighted by molar-refractivity contribution is -0.161. The molecule has 24 heavy (non-hydrogen) atoms. The predicted molar refractivity (Wildman–Crippen MR) is 92.2 cm³/mol. The third-order valence-electron chi connectivity index (χ3n) is 3.87. The van der Waals surface area contributed by atoms with E-state index >= 15 is 0 Å². The highest BCUT2D eigenvalue weighted by atomic mass is 16.5. The van der Waals surface area contributed by atoms with Crippen LogP contribution >= 0.6 is 0 Å². The second-order valence-corrected chi connectivity index (χ2v) is 5.27. The van der Waals surface area contributed by atoms with Gasteiger partial charge in [-0.25, -0.2) is 0 Å². The lowest BCUT2D eigenvalue weighted by atomic mass is 9.77. The van der Waals surface area contributed by atoms with Gasteiger partial charge in [0.05, 0.1) is 14.2 Å². The molecule has 2 rings (SSSR count). The molecule has 0 aliphatic rings. The van der Waals surface area contributed by atoms with Gasteiger partial charge >= 0.3 is 11.9 Å². The van der Waals surface area contributed by atoms with Crippen LogP contribution in [0.25, 0.3) is 6.08 Å². The molecule has 4 heteroatoms. The summed E-state index contributed by atoms with van der Waals surface area (Å²) >= 11 is 0. The zero-order valence-electron chi connectivity index (χ0n) is 13.8. The molecule has 0 aromatic heterocycles. The molecule has 2 aromatic rings. The fourth-order valence-electron chi connectivity index (χ4n) is 2.61. The van der Waals surface area contributed by atoms with Crippen LogP contribution in [0.1, 0.15) is 17.5 Å². The van der Waals surface area contributed by atoms with Gasteiger partial charge in [-0.3, -0.25) is 9.59 Å². The van der Waals surface area contributed by atoms with E-state index in [1.165, 1.54) is 14.2 Å². The second kappa shape index (κ2) is 8.11. The molecule has 0 saturated heterocycles. The maximum Gasteiger partial charge on any atom is 0.328 e. The Kier molecular flexibility index (Phi) is 5.90. The van der Waals surface area contributed by atoms with Crippen molar-refractivity contribution in [2.45, 2.75) is 11.8 Å². The first-order valence-corrected chi connectivity index (χ1v) is 7.59. The average Bonchev–Trinajstić information content (AvgIpc) is 2.65. The third kappa shape index (κ3) is 3.54. The van der Waals surface area contributed by atoms with Crippen LogP contribution in [-0.2, 0) is 24.5 Å². The highest BCUT2D eigenvalue weighted by Crippen LogP contribution is 2.32. The predicted octanol–water partition coefficient (Wildman–Crippen LogP) is 3.37. The van der Waals surface area contributed by atoms with Crippen molar-refractivity contribution in [3.8, 4) is 0 Å². The number of ether oxygens (including phenoxy) is 2. The number of allylic oxidation sites excluding steroid dienone is 1. The van der Waals surface area contributed by atoms with E-state index < -0.39 is 17.4 Å². The molecular weight excluding hydrogens is 304 g/mol. The summed E-state index contributed by atoms with van der Waals surface area (Å²) in [7, 11) is 2.54. The normalized spacial score (nSPS) is 11.2. The van der Waals surface area contributed by atoms with E-state index in [9.17, 15) is 9.59 Å². The van der Waals surface area contributed by atoms with Crippen LogP contribution in [0, 0.1) is 0 Å². The Morgan fingerprint density at radius 3 is 1.88 bits per heavy atom. The molecule has 0 amide bonds. The van der Waals surface area contributed by atoms with Crippen molar-refractivity contribution < 1.29 is 19.1 Å². The number of hydrogen-bond acceptors (Lipinski definition) is 4. The van der Waals surface area contributed by atoms with E-state index in [0.29, 0.717) is 5.56 Å². The zero-order chi connectivity index (χ0) is 17.4. The van der Waals surface area contributed by atoms with Gasteiger partial charge in [-0.2, -0.15) is 0 Å². The van der Waals surface area contributed by atoms with Crippen LogP contribution in [0.2, 0.25) is 0 Å². The monoisotopic (exact) mass is 324 g/mol. The third-order valence-corrected chi connectivity index (χ3v) is 3.87. The summed E-state index contributed by atoms with van der Waals surface area (Å²) in [4.78, 5) is 25.0. The molecule has 0 spiro atoms. The van der Waals surface area contributed by atoms with Crippen molar-refractivity contribution in [2.75, 3.05) is 14.2 Å². The van der Waals surface area contributed by atoms with Gasteiger partial charge in [0, 0.05) is 0 Å². The van der Waals surface area contributed by atoms with Gasteiger partial charge in [-0.1, -0.05) is 72.8 Å². The van der Waals surface area contributed by atoms with Crippen molar-refractivity contribution in [2.24, 2.45) is 0 Å². The van der Waals surface area contributed by atoms with E-state index in [-0.39, 0.29) is 6.42 Å². The van der Waals surface area contributed by atoms with Crippen LogP contribution in [-0.4, -0.2) is 26.2 Å². The number of methoxy groups -OCH3 is 2. The molecule has 0 unspecified atom stereocenters. The molecule has 0 aliphatic carbocycles. The van der Waals surface area contributed by atoms with Crippen molar-refractivity contribution in [1.29, 1.82) is 0 Å². The van der Waals surface area contributed by atoms with Gasteiger partial charge in [-0.15, -0.1) is 0 Å². The van der Waals surface area contributed by atoms with Crippen molar-refractivity contribution in [1.82, 2.24) is 0 Å². The lowest BCUT2D eigenvalue weighted by Crippen LogP contribution is -2.45. The SMILES string of the molecule is COC(=O)C(C/C=C/c1ccccc1)(C(=O)OC)c1ccccc1. The first kappa shape index (κ1) is 17.5. The zero-order valence-corrected chi connectivity index (χ0v) is 13.8. The van der Waals surface area contributed by atoms with Crippen LogP contribution in [0.5, 0.6) is 0 Å². The van der Waals surface area contributed by atoms with E-state index in [0.717, 1.165) is 5.56 Å². The largest absolute Gasteiger partial charge is 0.468 e. The summed E-state index contributed by atoms with van der Waals surface area (Å²) in [6, 6.07) is 18.5. The fraction of sp³-hybridized carbons (Fsp3) is 0.200. The quantitative estimate of drug-likeness (QED) is 0.604. The molecule has 0 bridgehead atoms. The molecule has 2 aromatic carbocycles. The Morgan fingerprint density at radius 2 is 1.38 bits per heavy atom. The summed E-state index contributed by atoms with van der Waals surface area (Å²) < 4.78 is 9.84. The van der Waals surface area contributed by atoms with Gasteiger partial charge in [0.2, 0.25) is 0 Å². The number of carbonyl (C=O) groups is 2. The number of benzene rings is 2. The summed E-state index contributed by atoms with van der Waals surface area (Å²) in [6.07, 6.45) is 3.80. The van der Waals surface area contributed by atoms with Gasteiger partial charge in [0.1, 0.15) is 0 Å². The van der Waals surface area contributed by atoms with Gasteiger partial charge < -0.3 is 9.47 Å². The topological polar surface area (TPSA) is 52.6 Å². The Balaban J connectivity index is 2.43. The number of rotatable bonds is 6. The molecule has 0 heterocycles. The minimum absolute atomic E-state index is 0.144. The maximum absolute atomic E-state index is 12.5. The second-order valence-electron chi connectivity index (χ2n) is 5.27.